The number of halogens is 26. The third-order valence-corrected chi connectivity index (χ3v) is 21.0. The lowest BCUT2D eigenvalue weighted by Gasteiger charge is -2.39. The molecule has 10 rings (SSSR count). The van der Waals surface area contributed by atoms with Gasteiger partial charge < -0.3 is 95.6 Å². The second-order valence-electron chi connectivity index (χ2n) is 32.1. The topological polar surface area (TPSA) is 286 Å². The number of Topliss-reactive ketones (excluding diaryl/α,β-unsaturated/α-hetero) is 3. The van der Waals surface area contributed by atoms with Crippen LogP contribution in [0.25, 0.3) is 0 Å². The summed E-state index contributed by atoms with van der Waals surface area (Å²) >= 11 is 31.1. The van der Waals surface area contributed by atoms with E-state index in [-0.39, 0.29) is 60.1 Å². The average Bonchev–Trinajstić information content (AvgIpc) is 1.62. The number of rotatable bonds is 40. The number of quaternary nitrogens is 1. The minimum Gasteiger partial charge on any atom is -1.00 e. The Morgan fingerprint density at radius 3 is 0.680 bits per heavy atom. The van der Waals surface area contributed by atoms with E-state index >= 15 is 0 Å². The van der Waals surface area contributed by atoms with Crippen LogP contribution in [0.1, 0.15) is 185 Å². The number of nitrogens with zero attached hydrogens (tertiary/aromatic N) is 9. The molecule has 834 valence electrons. The number of ketones is 3. The molecule has 0 radical (unpaired) electrons. The van der Waals surface area contributed by atoms with E-state index in [1.54, 1.807) is 94.1 Å². The van der Waals surface area contributed by atoms with Crippen LogP contribution in [0.4, 0.5) is 64.7 Å². The van der Waals surface area contributed by atoms with E-state index in [2.05, 4.69) is 104 Å². The largest absolute Gasteiger partial charge is 1.00 e. The number of likely N-dealkylation sites (N-methyl/N-ethyl adjacent to an activating group) is 1. The average molecular weight is 2280 g/mol. The summed E-state index contributed by atoms with van der Waals surface area (Å²) in [7, 11) is -5.10. The number of ether oxygens (including phenoxy) is 6. The van der Waals surface area contributed by atoms with Crippen LogP contribution < -0.4 is 23.5 Å². The predicted molar refractivity (Wildman–Crippen MR) is 530 cm³/mol. The lowest BCUT2D eigenvalue weighted by molar-refractivity contribution is -0.890. The molecule has 150 heavy (non-hydrogen) atoms. The molecule has 0 aromatic heterocycles. The quantitative estimate of drug-likeness (QED) is 0.00938. The summed E-state index contributed by atoms with van der Waals surface area (Å²) in [5.74, 6) is -1.25. The van der Waals surface area contributed by atoms with Crippen molar-refractivity contribution in [1.82, 2.24) is 39.2 Å². The van der Waals surface area contributed by atoms with E-state index in [1.807, 2.05) is 26.5 Å². The monoisotopic (exact) mass is 2280 g/mol. The van der Waals surface area contributed by atoms with Gasteiger partial charge in [0.15, 0.2) is 17.3 Å². The molecule has 0 aliphatic carbocycles. The van der Waals surface area contributed by atoms with Crippen LogP contribution in [0.2, 0.25) is 0 Å². The minimum absolute atomic E-state index is 0. The van der Waals surface area contributed by atoms with Crippen molar-refractivity contribution in [3.63, 3.8) is 0 Å². The number of carbonyl (C=O) groups is 12. The van der Waals surface area contributed by atoms with Gasteiger partial charge in [-0.05, 0) is 212 Å². The molecule has 6 aromatic carbocycles. The van der Waals surface area contributed by atoms with Crippen molar-refractivity contribution in [2.45, 2.75) is 60.3 Å². The predicted octanol–water partition coefficient (Wildman–Crippen LogP) is 4.92. The minimum atomic E-state index is -3.67. The smallest absolute Gasteiger partial charge is 0.762 e. The standard InChI is InChI=1S/C29H44N4O4.C23H32N4O4.C16H24NO4.3C8H4Cl2O2.5BF3.5FH/c1-5-7-13-30-15-17-32(23-30)19-29(21-36-4,20-33-18-16-31(24-33)14-8-6-2)22-37-28(35)27-11-9-26(10-12-27)25(3)34;1-19(28)20-5-7-21(8-6-20)22(29)31-16-23(15-30-4,13-26-11-9-24(2)17-26)14-27-12-10-25(3)18-27;1-13(18)14-5-7-15(8-6-14)16(19)21-12-10-17(2,3)9-11-20-4;3*9-7(11)5-1-2-6(4-3-5)8(10)12;5*2-1(3)4;;;;;/h9-12,15-18H,5-8,13-14,19-24H2,1-4H3;5-12H,13-18H2,1-4H3;5-8H,9-12H2,1-4H3;3*1-4H;;;;;;5*1H/q;;+1;;;;;;;;;;;;;/p-5. The van der Waals surface area contributed by atoms with Gasteiger partial charge in [-0.3, -0.25) is 108 Å². The molecule has 0 saturated heterocycles. The third-order valence-electron chi connectivity index (χ3n) is 19.7. The Labute approximate surface area is 888 Å². The van der Waals surface area contributed by atoms with Crippen LogP contribution in [0.5, 0.6) is 0 Å². The third kappa shape index (κ3) is 67.7. The van der Waals surface area contributed by atoms with Crippen molar-refractivity contribution in [3.8, 4) is 0 Å². The van der Waals surface area contributed by atoms with E-state index < -0.39 is 91.9 Å². The first kappa shape index (κ1) is 149. The Bertz CT molecular complexity index is 4700. The highest BCUT2D eigenvalue weighted by atomic mass is 35.5. The summed E-state index contributed by atoms with van der Waals surface area (Å²) in [5.41, 5.74) is 4.28. The highest BCUT2D eigenvalue weighted by Crippen LogP contribution is 2.30. The summed E-state index contributed by atoms with van der Waals surface area (Å²) in [4.78, 5) is 153. The van der Waals surface area contributed by atoms with Gasteiger partial charge in [0.25, 0.3) is 31.5 Å². The Morgan fingerprint density at radius 2 is 0.487 bits per heavy atom. The molecule has 4 heterocycles. The van der Waals surface area contributed by atoms with Gasteiger partial charge in [0, 0.05) is 174 Å². The van der Waals surface area contributed by atoms with Crippen molar-refractivity contribution in [3.05, 3.63) is 262 Å². The van der Waals surface area contributed by atoms with Crippen molar-refractivity contribution in [2.75, 3.05) is 168 Å². The molecule has 4 aliphatic heterocycles. The van der Waals surface area contributed by atoms with Crippen LogP contribution in [0.3, 0.4) is 0 Å². The first-order chi connectivity index (χ1) is 68.0. The van der Waals surface area contributed by atoms with Crippen LogP contribution in [-0.4, -0.2) is 316 Å². The van der Waals surface area contributed by atoms with E-state index in [0.717, 1.165) is 83.0 Å². The van der Waals surface area contributed by atoms with Gasteiger partial charge in [-0.1, -0.05) is 63.1 Å². The molecule has 0 N–H and O–H groups in total. The summed E-state index contributed by atoms with van der Waals surface area (Å²) in [6.07, 6.45) is 21.4. The number of esters is 3. The second-order valence-corrected chi connectivity index (χ2v) is 34.2. The van der Waals surface area contributed by atoms with Crippen molar-refractivity contribution >= 4 is 174 Å². The molecule has 0 fully saturated rings. The van der Waals surface area contributed by atoms with Crippen LogP contribution >= 0.6 is 69.6 Å². The van der Waals surface area contributed by atoms with Gasteiger partial charge in [-0.2, -0.15) is 0 Å². The molecule has 0 spiro atoms. The van der Waals surface area contributed by atoms with Gasteiger partial charge in [0.2, 0.25) is 0 Å². The van der Waals surface area contributed by atoms with Crippen LogP contribution in [0.15, 0.2) is 195 Å². The number of unbranched alkanes of at least 4 members (excludes halogenated alkanes) is 2. The number of carbonyl (C=O) groups excluding carboxylic acids is 12. The van der Waals surface area contributed by atoms with Gasteiger partial charge in [0.1, 0.15) is 32.9 Å². The maximum absolute atomic E-state index is 13.0. The SMILES string of the molecule is CCCCN1C=CN(CC(COC)(COC(=O)c2ccc(C(C)=O)cc2)CN2C=CN(CCCC)C2)C1.COCC(COC(=O)c1ccc(C(C)=O)cc1)(CN1C=CN(C)C1)CN1C=CN(C)C1.COCC[N+](C)(C)CCOC(=O)c1ccc(C(C)=O)cc1.FB(F)F.FB(F)F.FB(F)F.FB(F)F.FB(F)F.O=C(Cl)c1ccc(C(=O)Cl)cc1.O=C(Cl)c1ccc(C(=O)Cl)cc1.O=C(Cl)c1ccc(C(=O)Cl)cc1.[F-].[F-].[F-].[F-].[F-]. The van der Waals surface area contributed by atoms with Crippen LogP contribution in [0, 0.1) is 10.8 Å². The highest BCUT2D eigenvalue weighted by Gasteiger charge is 2.40. The molecule has 0 saturated carbocycles. The normalized spacial score (nSPS) is 11.8. The molecule has 0 unspecified atom stereocenters. The molecule has 27 nitrogen and oxygen atoms in total. The Kier molecular flexibility index (Phi) is 81.0. The summed E-state index contributed by atoms with van der Waals surface area (Å²) in [6.45, 7) is 20.9. The van der Waals surface area contributed by atoms with E-state index in [0.29, 0.717) is 119 Å². The fourth-order valence-electron chi connectivity index (χ4n) is 12.8. The first-order valence-corrected chi connectivity index (χ1v) is 45.6. The van der Waals surface area contributed by atoms with Gasteiger partial charge in [-0.25, -0.2) is 14.4 Å². The molecule has 0 atom stereocenters. The summed E-state index contributed by atoms with van der Waals surface area (Å²) in [5, 5.41) is -3.31. The van der Waals surface area contributed by atoms with E-state index in [1.165, 1.54) is 93.6 Å². The fourth-order valence-corrected chi connectivity index (χ4v) is 13.5. The molecule has 0 bridgehead atoms. The fraction of sp³-hybridized carbons (Fsp3) is 0.391. The maximum atomic E-state index is 13.0. The van der Waals surface area contributed by atoms with E-state index in [4.69, 9.17) is 98.0 Å². The van der Waals surface area contributed by atoms with Gasteiger partial charge in [-0.15, -0.1) is 0 Å². The summed E-state index contributed by atoms with van der Waals surface area (Å²) < 4.78 is 179. The Hall–Kier alpha value is -11.4. The number of methoxy groups -OCH3 is 3. The first-order valence-electron chi connectivity index (χ1n) is 43.3. The molecule has 6 aromatic rings. The van der Waals surface area contributed by atoms with Gasteiger partial charge >= 0.3 is 55.6 Å². The van der Waals surface area contributed by atoms with Crippen molar-refractivity contribution in [2.24, 2.45) is 10.8 Å². The molecular weight excluding hydrogens is 2170 g/mol. The van der Waals surface area contributed by atoms with Crippen molar-refractivity contribution < 1.29 is 179 Å². The number of benzene rings is 6. The Balaban J connectivity index is -0.000000414. The molecule has 4 aliphatic rings. The number of hydrogen-bond donors (Lipinski definition) is 0. The summed E-state index contributed by atoms with van der Waals surface area (Å²) in [6, 6.07) is 37.1. The van der Waals surface area contributed by atoms with Gasteiger partial charge in [0.05, 0.1) is 88.1 Å². The maximum Gasteiger partial charge on any atom is 0.762 e. The zero-order chi connectivity index (χ0) is 110. The molecular formula is C92H112B5Cl6F20N9O18-4. The molecule has 58 heteroatoms. The second kappa shape index (κ2) is 81.4. The lowest BCUT2D eigenvalue weighted by Crippen LogP contribution is -3.00. The zero-order valence-corrected chi connectivity index (χ0v) is 87.7. The van der Waals surface area contributed by atoms with Crippen molar-refractivity contribution in [1.29, 1.82) is 0 Å². The molecule has 0 amide bonds. The van der Waals surface area contributed by atoms with E-state index in [9.17, 15) is 122 Å². The van der Waals surface area contributed by atoms with Crippen LogP contribution in [-0.2, 0) is 28.4 Å². The zero-order valence-electron chi connectivity index (χ0n) is 83.1. The Morgan fingerprint density at radius 1 is 0.293 bits per heavy atom. The highest BCUT2D eigenvalue weighted by molar-refractivity contribution is 6.70. The lowest BCUT2D eigenvalue weighted by atomic mass is 9.88. The number of hydrogen-bond acceptors (Lipinski definition) is 26.